The number of rotatable bonds is 8. The first-order valence-electron chi connectivity index (χ1n) is 7.73. The molecule has 0 heterocycles. The van der Waals surface area contributed by atoms with Crippen LogP contribution in [0.3, 0.4) is 0 Å². The molecule has 1 atom stereocenters. The van der Waals surface area contributed by atoms with Gasteiger partial charge in [-0.05, 0) is 37.5 Å². The highest BCUT2D eigenvalue weighted by Crippen LogP contribution is 2.47. The van der Waals surface area contributed by atoms with Gasteiger partial charge in [-0.25, -0.2) is 9.11 Å². The molecule has 2 rings (SSSR count). The standard InChI is InChI=1S/C16H22FN3O2S/c1-3-20(11-13(2)10-18)23(21,22)19-12-16(8-9-16)14-4-6-15(17)7-5-14/h4-7,13,19H,3,8-9,11-12H2,1-2H3. The van der Waals surface area contributed by atoms with Crippen LogP contribution in [0.25, 0.3) is 0 Å². The molecule has 5 nitrogen and oxygen atoms in total. The Bertz CT molecular complexity index is 678. The number of benzene rings is 1. The normalized spacial score (nSPS) is 17.7. The van der Waals surface area contributed by atoms with Crippen LogP contribution in [-0.4, -0.2) is 32.4 Å². The monoisotopic (exact) mass is 339 g/mol. The van der Waals surface area contributed by atoms with Gasteiger partial charge in [0.05, 0.1) is 12.0 Å². The molecule has 1 aliphatic carbocycles. The lowest BCUT2D eigenvalue weighted by atomic mass is 9.96. The van der Waals surface area contributed by atoms with Crippen LogP contribution in [0, 0.1) is 23.1 Å². The van der Waals surface area contributed by atoms with Crippen LogP contribution in [-0.2, 0) is 15.6 Å². The number of hydrogen-bond acceptors (Lipinski definition) is 3. The highest BCUT2D eigenvalue weighted by Gasteiger charge is 2.45. The van der Waals surface area contributed by atoms with E-state index < -0.39 is 10.2 Å². The van der Waals surface area contributed by atoms with Crippen molar-refractivity contribution in [2.24, 2.45) is 5.92 Å². The molecule has 1 fully saturated rings. The summed E-state index contributed by atoms with van der Waals surface area (Å²) in [6, 6.07) is 8.28. The average Bonchev–Trinajstić information content (AvgIpc) is 3.32. The lowest BCUT2D eigenvalue weighted by Crippen LogP contribution is -2.45. The van der Waals surface area contributed by atoms with E-state index >= 15 is 0 Å². The van der Waals surface area contributed by atoms with E-state index in [0.29, 0.717) is 13.1 Å². The van der Waals surface area contributed by atoms with Crippen molar-refractivity contribution in [2.45, 2.75) is 32.1 Å². The van der Waals surface area contributed by atoms with Crippen molar-refractivity contribution in [1.82, 2.24) is 9.03 Å². The van der Waals surface area contributed by atoms with Gasteiger partial charge in [0.15, 0.2) is 0 Å². The summed E-state index contributed by atoms with van der Waals surface area (Å²) in [5.41, 5.74) is 0.719. The predicted octanol–water partition coefficient (Wildman–Crippen LogP) is 2.17. The highest BCUT2D eigenvalue weighted by atomic mass is 32.2. The number of halogens is 1. The lowest BCUT2D eigenvalue weighted by molar-refractivity contribution is 0.390. The van der Waals surface area contributed by atoms with E-state index in [1.54, 1.807) is 26.0 Å². The number of nitrogens with one attached hydrogen (secondary N) is 1. The van der Waals surface area contributed by atoms with Crippen LogP contribution >= 0.6 is 0 Å². The maximum atomic E-state index is 13.0. The van der Waals surface area contributed by atoms with Crippen LogP contribution in [0.4, 0.5) is 4.39 Å². The van der Waals surface area contributed by atoms with Gasteiger partial charge in [0.1, 0.15) is 5.82 Å². The molecule has 0 aromatic heterocycles. The molecule has 0 amide bonds. The van der Waals surface area contributed by atoms with Crippen molar-refractivity contribution in [2.75, 3.05) is 19.6 Å². The second-order valence-electron chi connectivity index (χ2n) is 6.09. The molecule has 1 N–H and O–H groups in total. The van der Waals surface area contributed by atoms with Crippen molar-refractivity contribution in [1.29, 1.82) is 5.26 Å². The zero-order chi connectivity index (χ0) is 17.1. The van der Waals surface area contributed by atoms with E-state index in [-0.39, 0.29) is 23.7 Å². The van der Waals surface area contributed by atoms with Gasteiger partial charge >= 0.3 is 0 Å². The van der Waals surface area contributed by atoms with Gasteiger partial charge in [-0.2, -0.15) is 18.0 Å². The minimum Gasteiger partial charge on any atom is -0.207 e. The zero-order valence-corrected chi connectivity index (χ0v) is 14.2. The fourth-order valence-electron chi connectivity index (χ4n) is 2.59. The van der Waals surface area contributed by atoms with Crippen LogP contribution in [0.5, 0.6) is 0 Å². The summed E-state index contributed by atoms with van der Waals surface area (Å²) in [6.45, 7) is 4.21. The summed E-state index contributed by atoms with van der Waals surface area (Å²) in [7, 11) is -3.63. The Labute approximate surface area is 137 Å². The molecular weight excluding hydrogens is 317 g/mol. The van der Waals surface area contributed by atoms with Crippen molar-refractivity contribution in [3.05, 3.63) is 35.6 Å². The molecule has 1 aromatic rings. The first-order valence-corrected chi connectivity index (χ1v) is 9.17. The fourth-order valence-corrected chi connectivity index (χ4v) is 3.99. The number of nitrogens with zero attached hydrogens (tertiary/aromatic N) is 2. The second-order valence-corrected chi connectivity index (χ2v) is 7.85. The van der Waals surface area contributed by atoms with E-state index in [4.69, 9.17) is 5.26 Å². The Morgan fingerprint density at radius 3 is 2.48 bits per heavy atom. The first kappa shape index (κ1) is 17.9. The smallest absolute Gasteiger partial charge is 0.207 e. The topological polar surface area (TPSA) is 73.2 Å². The van der Waals surface area contributed by atoms with Gasteiger partial charge in [0, 0.05) is 25.0 Å². The third-order valence-electron chi connectivity index (χ3n) is 4.29. The summed E-state index contributed by atoms with van der Waals surface area (Å²) in [5.74, 6) is -0.661. The number of hydrogen-bond donors (Lipinski definition) is 1. The molecular formula is C16H22FN3O2S. The van der Waals surface area contributed by atoms with Crippen molar-refractivity contribution in [3.63, 3.8) is 0 Å². The maximum absolute atomic E-state index is 13.0. The molecule has 0 saturated heterocycles. The lowest BCUT2D eigenvalue weighted by Gasteiger charge is -2.24. The molecule has 1 unspecified atom stereocenters. The van der Waals surface area contributed by atoms with Gasteiger partial charge in [-0.15, -0.1) is 0 Å². The van der Waals surface area contributed by atoms with Crippen LogP contribution in [0.15, 0.2) is 24.3 Å². The Morgan fingerprint density at radius 2 is 2.00 bits per heavy atom. The second kappa shape index (κ2) is 6.95. The van der Waals surface area contributed by atoms with Crippen LogP contribution in [0.1, 0.15) is 32.3 Å². The third kappa shape index (κ3) is 4.28. The van der Waals surface area contributed by atoms with Gasteiger partial charge in [-0.3, -0.25) is 0 Å². The van der Waals surface area contributed by atoms with Crippen molar-refractivity contribution >= 4 is 10.2 Å². The highest BCUT2D eigenvalue weighted by molar-refractivity contribution is 7.87. The summed E-state index contributed by atoms with van der Waals surface area (Å²) >= 11 is 0. The van der Waals surface area contributed by atoms with Crippen molar-refractivity contribution < 1.29 is 12.8 Å². The predicted molar refractivity (Wildman–Crippen MR) is 86.3 cm³/mol. The SMILES string of the molecule is CCN(CC(C)C#N)S(=O)(=O)NCC1(c2ccc(F)cc2)CC1. The first-order chi connectivity index (χ1) is 10.8. The van der Waals surface area contributed by atoms with E-state index in [1.165, 1.54) is 16.4 Å². The molecule has 1 saturated carbocycles. The molecule has 126 valence electrons. The number of nitriles is 1. The Balaban J connectivity index is 2.04. The Hall–Kier alpha value is -1.49. The van der Waals surface area contributed by atoms with E-state index in [2.05, 4.69) is 4.72 Å². The third-order valence-corrected chi connectivity index (χ3v) is 5.89. The van der Waals surface area contributed by atoms with Crippen molar-refractivity contribution in [3.8, 4) is 6.07 Å². The summed E-state index contributed by atoms with van der Waals surface area (Å²) < 4.78 is 41.8. The van der Waals surface area contributed by atoms with Crippen LogP contribution < -0.4 is 4.72 Å². The molecule has 23 heavy (non-hydrogen) atoms. The molecule has 1 aromatic carbocycles. The Kier molecular flexibility index (Phi) is 5.40. The van der Waals surface area contributed by atoms with Gasteiger partial charge in [0.2, 0.25) is 0 Å². The molecule has 0 aliphatic heterocycles. The minimum absolute atomic E-state index is 0.173. The molecule has 0 radical (unpaired) electrons. The average molecular weight is 339 g/mol. The van der Waals surface area contributed by atoms with Gasteiger partial charge < -0.3 is 0 Å². The zero-order valence-electron chi connectivity index (χ0n) is 13.4. The van der Waals surface area contributed by atoms with Gasteiger partial charge in [0.25, 0.3) is 10.2 Å². The summed E-state index contributed by atoms with van der Waals surface area (Å²) in [5, 5.41) is 8.86. The molecule has 0 spiro atoms. The van der Waals surface area contributed by atoms with E-state index in [9.17, 15) is 12.8 Å². The molecule has 1 aliphatic rings. The largest absolute Gasteiger partial charge is 0.279 e. The van der Waals surface area contributed by atoms with Gasteiger partial charge in [-0.1, -0.05) is 19.1 Å². The quantitative estimate of drug-likeness (QED) is 0.789. The minimum atomic E-state index is -3.63. The van der Waals surface area contributed by atoms with E-state index in [1.807, 2.05) is 6.07 Å². The summed E-state index contributed by atoms with van der Waals surface area (Å²) in [4.78, 5) is 0. The van der Waals surface area contributed by atoms with E-state index in [0.717, 1.165) is 18.4 Å². The molecule has 7 heteroatoms. The maximum Gasteiger partial charge on any atom is 0.279 e. The summed E-state index contributed by atoms with van der Waals surface area (Å²) in [6.07, 6.45) is 1.75. The molecule has 0 bridgehead atoms. The Morgan fingerprint density at radius 1 is 1.39 bits per heavy atom. The van der Waals surface area contributed by atoms with Crippen LogP contribution in [0.2, 0.25) is 0 Å². The fraction of sp³-hybridized carbons (Fsp3) is 0.562.